The van der Waals surface area contributed by atoms with Crippen LogP contribution in [0, 0.1) is 13.8 Å². The zero-order valence-electron chi connectivity index (χ0n) is 14.1. The number of sulfonamides is 1. The van der Waals surface area contributed by atoms with E-state index in [2.05, 4.69) is 4.90 Å². The van der Waals surface area contributed by atoms with Crippen molar-refractivity contribution in [1.82, 2.24) is 9.21 Å². The topological polar surface area (TPSA) is 74.8 Å². The molecule has 0 amide bonds. The molecule has 2 aliphatic heterocycles. The zero-order valence-corrected chi connectivity index (χ0v) is 15.7. The highest BCUT2D eigenvalue weighted by Gasteiger charge is 2.36. The van der Waals surface area contributed by atoms with E-state index >= 15 is 0 Å². The molecule has 1 aromatic rings. The number of piperazine rings is 1. The molecule has 2 fully saturated rings. The van der Waals surface area contributed by atoms with Gasteiger partial charge in [0.15, 0.2) is 9.84 Å². The summed E-state index contributed by atoms with van der Waals surface area (Å²) in [5, 5.41) is 0. The van der Waals surface area contributed by atoms with Crippen LogP contribution in [-0.2, 0) is 19.9 Å². The number of benzene rings is 1. The minimum absolute atomic E-state index is 0.0422. The summed E-state index contributed by atoms with van der Waals surface area (Å²) in [6.07, 6.45) is 0.659. The monoisotopic (exact) mass is 372 g/mol. The molecule has 0 N–H and O–H groups in total. The molecule has 6 nitrogen and oxygen atoms in total. The molecule has 0 unspecified atom stereocenters. The molecule has 24 heavy (non-hydrogen) atoms. The molecule has 1 aromatic carbocycles. The van der Waals surface area contributed by atoms with E-state index in [0.29, 0.717) is 37.5 Å². The molecule has 0 bridgehead atoms. The van der Waals surface area contributed by atoms with Crippen molar-refractivity contribution in [3.8, 4) is 0 Å². The van der Waals surface area contributed by atoms with E-state index in [1.807, 2.05) is 26.0 Å². The third-order valence-corrected chi connectivity index (χ3v) is 8.75. The maximum absolute atomic E-state index is 12.9. The van der Waals surface area contributed by atoms with Gasteiger partial charge in [-0.05, 0) is 37.5 Å². The van der Waals surface area contributed by atoms with Crippen LogP contribution >= 0.6 is 0 Å². The first-order valence-corrected chi connectivity index (χ1v) is 11.5. The lowest BCUT2D eigenvalue weighted by molar-refractivity contribution is 0.148. The largest absolute Gasteiger partial charge is 0.297 e. The van der Waals surface area contributed by atoms with Gasteiger partial charge in [-0.3, -0.25) is 4.90 Å². The van der Waals surface area contributed by atoms with E-state index in [1.165, 1.54) is 4.31 Å². The van der Waals surface area contributed by atoms with Crippen molar-refractivity contribution < 1.29 is 16.8 Å². The average molecular weight is 373 g/mol. The number of aryl methyl sites for hydroxylation is 2. The lowest BCUT2D eigenvalue weighted by atomic mass is 10.2. The van der Waals surface area contributed by atoms with E-state index < -0.39 is 19.9 Å². The molecule has 0 spiro atoms. The fourth-order valence-electron chi connectivity index (χ4n) is 3.50. The Kier molecular flexibility index (Phi) is 4.76. The van der Waals surface area contributed by atoms with Gasteiger partial charge in [-0.15, -0.1) is 0 Å². The summed E-state index contributed by atoms with van der Waals surface area (Å²) in [6, 6.07) is 5.51. The first kappa shape index (κ1) is 17.8. The number of rotatable bonds is 3. The van der Waals surface area contributed by atoms with E-state index in [9.17, 15) is 16.8 Å². The van der Waals surface area contributed by atoms with Crippen LogP contribution in [0.15, 0.2) is 23.1 Å². The van der Waals surface area contributed by atoms with Crippen LogP contribution in [0.1, 0.15) is 17.5 Å². The van der Waals surface area contributed by atoms with E-state index in [-0.39, 0.29) is 17.5 Å². The Morgan fingerprint density at radius 3 is 2.33 bits per heavy atom. The molecule has 1 atom stereocenters. The lowest BCUT2D eigenvalue weighted by Crippen LogP contribution is -2.52. The Balaban J connectivity index is 1.71. The second-order valence-electron chi connectivity index (χ2n) is 6.77. The Morgan fingerprint density at radius 1 is 1.08 bits per heavy atom. The average Bonchev–Trinajstić information content (AvgIpc) is 2.90. The van der Waals surface area contributed by atoms with Gasteiger partial charge in [-0.2, -0.15) is 4.31 Å². The minimum atomic E-state index is -3.50. The molecule has 0 aliphatic carbocycles. The number of hydrogen-bond acceptors (Lipinski definition) is 5. The summed E-state index contributed by atoms with van der Waals surface area (Å²) in [7, 11) is -6.41. The first-order valence-electron chi connectivity index (χ1n) is 8.21. The maximum atomic E-state index is 12.9. The van der Waals surface area contributed by atoms with Crippen LogP contribution in [0.3, 0.4) is 0 Å². The number of hydrogen-bond donors (Lipinski definition) is 0. The Labute approximate surface area is 144 Å². The molecule has 134 valence electrons. The fourth-order valence-corrected chi connectivity index (χ4v) is 6.99. The molecule has 3 rings (SSSR count). The highest BCUT2D eigenvalue weighted by atomic mass is 32.2. The molecular weight excluding hydrogens is 348 g/mol. The smallest absolute Gasteiger partial charge is 0.243 e. The van der Waals surface area contributed by atoms with Crippen LogP contribution in [0.4, 0.5) is 0 Å². The van der Waals surface area contributed by atoms with Gasteiger partial charge >= 0.3 is 0 Å². The summed E-state index contributed by atoms with van der Waals surface area (Å²) in [5.74, 6) is 0.454. The minimum Gasteiger partial charge on any atom is -0.297 e. The van der Waals surface area contributed by atoms with E-state index in [0.717, 1.165) is 11.1 Å². The molecule has 0 saturated carbocycles. The van der Waals surface area contributed by atoms with Gasteiger partial charge in [0.2, 0.25) is 10.0 Å². The van der Waals surface area contributed by atoms with Crippen molar-refractivity contribution in [2.24, 2.45) is 0 Å². The molecule has 2 saturated heterocycles. The van der Waals surface area contributed by atoms with Gasteiger partial charge < -0.3 is 0 Å². The SMILES string of the molecule is Cc1ccc(C)c(S(=O)(=O)N2CCN([C@@H]3CCS(=O)(=O)C3)CC2)c1. The summed E-state index contributed by atoms with van der Waals surface area (Å²) in [4.78, 5) is 2.50. The standard InChI is InChI=1S/C16H24N2O4S2/c1-13-3-4-14(2)16(11-13)24(21,22)18-8-6-17(7-9-18)15-5-10-23(19,20)12-15/h3-4,11,15H,5-10,12H2,1-2H3/t15-/m1/s1. The third kappa shape index (κ3) is 3.51. The van der Waals surface area contributed by atoms with Gasteiger partial charge in [0.25, 0.3) is 0 Å². The van der Waals surface area contributed by atoms with Gasteiger partial charge in [0.05, 0.1) is 16.4 Å². The van der Waals surface area contributed by atoms with Crippen LogP contribution in [0.5, 0.6) is 0 Å². The summed E-state index contributed by atoms with van der Waals surface area (Å²) in [5.41, 5.74) is 1.68. The van der Waals surface area contributed by atoms with E-state index in [4.69, 9.17) is 0 Å². The van der Waals surface area contributed by atoms with Crippen molar-refractivity contribution in [1.29, 1.82) is 0 Å². The van der Waals surface area contributed by atoms with Crippen molar-refractivity contribution in [3.63, 3.8) is 0 Å². The van der Waals surface area contributed by atoms with Crippen molar-refractivity contribution in [3.05, 3.63) is 29.3 Å². The molecule has 8 heteroatoms. The molecule has 2 heterocycles. The summed E-state index contributed by atoms with van der Waals surface area (Å²) >= 11 is 0. The zero-order chi connectivity index (χ0) is 17.5. The van der Waals surface area contributed by atoms with Crippen LogP contribution in [0.2, 0.25) is 0 Å². The molecule has 2 aliphatic rings. The summed E-state index contributed by atoms with van der Waals surface area (Å²) in [6.45, 7) is 5.69. The van der Waals surface area contributed by atoms with Crippen LogP contribution in [-0.4, -0.2) is 69.8 Å². The van der Waals surface area contributed by atoms with Crippen molar-refractivity contribution in [2.75, 3.05) is 37.7 Å². The second kappa shape index (κ2) is 6.40. The van der Waals surface area contributed by atoms with Crippen LogP contribution in [0.25, 0.3) is 0 Å². The Morgan fingerprint density at radius 2 is 1.75 bits per heavy atom. The van der Waals surface area contributed by atoms with Crippen molar-refractivity contribution >= 4 is 19.9 Å². The van der Waals surface area contributed by atoms with Gasteiger partial charge in [0.1, 0.15) is 0 Å². The Hall–Kier alpha value is -0.960. The van der Waals surface area contributed by atoms with Gasteiger partial charge in [0, 0.05) is 32.2 Å². The second-order valence-corrected chi connectivity index (χ2v) is 10.9. The summed E-state index contributed by atoms with van der Waals surface area (Å²) < 4.78 is 50.6. The van der Waals surface area contributed by atoms with Gasteiger partial charge in [-0.1, -0.05) is 12.1 Å². The van der Waals surface area contributed by atoms with Crippen LogP contribution < -0.4 is 0 Å². The quantitative estimate of drug-likeness (QED) is 0.784. The normalized spacial score (nSPS) is 25.8. The molecule has 0 radical (unpaired) electrons. The molecule has 0 aromatic heterocycles. The maximum Gasteiger partial charge on any atom is 0.243 e. The lowest BCUT2D eigenvalue weighted by Gasteiger charge is -2.37. The number of sulfone groups is 1. The number of nitrogens with zero attached hydrogens (tertiary/aromatic N) is 2. The highest BCUT2D eigenvalue weighted by Crippen LogP contribution is 2.24. The van der Waals surface area contributed by atoms with E-state index in [1.54, 1.807) is 6.07 Å². The fraction of sp³-hybridized carbons (Fsp3) is 0.625. The third-order valence-electron chi connectivity index (χ3n) is 4.96. The van der Waals surface area contributed by atoms with Gasteiger partial charge in [-0.25, -0.2) is 16.8 Å². The highest BCUT2D eigenvalue weighted by molar-refractivity contribution is 7.91. The molecular formula is C16H24N2O4S2. The van der Waals surface area contributed by atoms with Crippen molar-refractivity contribution in [2.45, 2.75) is 31.2 Å². The predicted octanol–water partition coefficient (Wildman–Crippen LogP) is 0.797. The predicted molar refractivity (Wildman–Crippen MR) is 93.3 cm³/mol. The first-order chi connectivity index (χ1) is 11.2. The Bertz CT molecular complexity index is 826.